The smallest absolute Gasteiger partial charge is 0.241 e. The summed E-state index contributed by atoms with van der Waals surface area (Å²) in [4.78, 5) is 22.5. The third-order valence-electron chi connectivity index (χ3n) is 6.07. The molecular weight excluding hydrogens is 456 g/mol. The summed E-state index contributed by atoms with van der Waals surface area (Å²) in [6.45, 7) is 3.54. The minimum Gasteiger partial charge on any atom is -0.341 e. The van der Waals surface area contributed by atoms with Crippen molar-refractivity contribution in [3.63, 3.8) is 0 Å². The van der Waals surface area contributed by atoms with Crippen LogP contribution in [-0.4, -0.2) is 54.1 Å². The number of hydrogen-bond acceptors (Lipinski definition) is 5. The molecule has 0 saturated carbocycles. The van der Waals surface area contributed by atoms with E-state index in [-0.39, 0.29) is 10.8 Å². The van der Waals surface area contributed by atoms with E-state index in [1.807, 2.05) is 29.2 Å². The number of amides is 1. The minimum atomic E-state index is -3.85. The van der Waals surface area contributed by atoms with E-state index in [1.165, 1.54) is 0 Å². The molecule has 2 N–H and O–H groups in total. The zero-order valence-corrected chi connectivity index (χ0v) is 20.4. The first-order valence-electron chi connectivity index (χ1n) is 11.3. The highest BCUT2D eigenvalue weighted by molar-refractivity contribution is 7.99. The number of carbonyl (C=O) groups is 1. The van der Waals surface area contributed by atoms with E-state index in [9.17, 15) is 13.2 Å². The van der Waals surface area contributed by atoms with Crippen molar-refractivity contribution < 1.29 is 13.2 Å². The SMILES string of the molecule is CC1CCN(C(=O)C(CCCSc2ncc[nH]2)NS(=O)(=O)c2ccc3ccccc3c2)CC1. The second-order valence-electron chi connectivity index (χ2n) is 8.58. The van der Waals surface area contributed by atoms with Crippen molar-refractivity contribution in [3.05, 3.63) is 54.9 Å². The quantitative estimate of drug-likeness (QED) is 0.352. The van der Waals surface area contributed by atoms with Gasteiger partial charge in [0.25, 0.3) is 0 Å². The average molecular weight is 487 g/mol. The lowest BCUT2D eigenvalue weighted by atomic mass is 9.98. The third-order valence-corrected chi connectivity index (χ3v) is 8.53. The van der Waals surface area contributed by atoms with Gasteiger partial charge < -0.3 is 9.88 Å². The molecule has 1 unspecified atom stereocenters. The van der Waals surface area contributed by atoms with E-state index in [4.69, 9.17) is 0 Å². The number of fused-ring (bicyclic) bond motifs is 1. The van der Waals surface area contributed by atoms with Crippen molar-refractivity contribution >= 4 is 38.5 Å². The number of nitrogens with zero attached hydrogens (tertiary/aromatic N) is 2. The Labute approximate surface area is 199 Å². The van der Waals surface area contributed by atoms with Gasteiger partial charge in [0.05, 0.1) is 4.90 Å². The second kappa shape index (κ2) is 10.7. The summed E-state index contributed by atoms with van der Waals surface area (Å²) in [7, 11) is -3.85. The molecule has 7 nitrogen and oxygen atoms in total. The molecule has 0 spiro atoms. The number of hydrogen-bond donors (Lipinski definition) is 2. The molecule has 1 aromatic heterocycles. The second-order valence-corrected chi connectivity index (χ2v) is 11.4. The van der Waals surface area contributed by atoms with Crippen LogP contribution >= 0.6 is 11.8 Å². The number of aromatic amines is 1. The fraction of sp³-hybridized carbons (Fsp3) is 0.417. The highest BCUT2D eigenvalue weighted by atomic mass is 32.2. The van der Waals surface area contributed by atoms with Crippen LogP contribution in [0.15, 0.2) is 64.9 Å². The number of thioether (sulfide) groups is 1. The summed E-state index contributed by atoms with van der Waals surface area (Å²) in [5.74, 6) is 1.20. The number of rotatable bonds is 9. The Balaban J connectivity index is 1.48. The number of benzene rings is 2. The Morgan fingerprint density at radius 2 is 1.97 bits per heavy atom. The molecule has 33 heavy (non-hydrogen) atoms. The predicted octanol–water partition coefficient (Wildman–Crippen LogP) is 4.04. The van der Waals surface area contributed by atoms with Gasteiger partial charge in [0.15, 0.2) is 5.16 Å². The molecule has 2 heterocycles. The van der Waals surface area contributed by atoms with Gasteiger partial charge in [-0.2, -0.15) is 4.72 Å². The average Bonchev–Trinajstić information content (AvgIpc) is 3.34. The Morgan fingerprint density at radius 1 is 1.21 bits per heavy atom. The van der Waals surface area contributed by atoms with E-state index in [1.54, 1.807) is 42.4 Å². The molecule has 1 atom stereocenters. The molecule has 176 valence electrons. The molecule has 2 aromatic carbocycles. The monoisotopic (exact) mass is 486 g/mol. The highest BCUT2D eigenvalue weighted by Gasteiger charge is 2.30. The molecule has 0 bridgehead atoms. The van der Waals surface area contributed by atoms with Crippen LogP contribution in [0, 0.1) is 5.92 Å². The van der Waals surface area contributed by atoms with Gasteiger partial charge in [-0.25, -0.2) is 13.4 Å². The fourth-order valence-corrected chi connectivity index (χ4v) is 6.11. The molecule has 3 aromatic rings. The van der Waals surface area contributed by atoms with Crippen LogP contribution in [0.1, 0.15) is 32.6 Å². The third kappa shape index (κ3) is 6.16. The van der Waals surface area contributed by atoms with Crippen molar-refractivity contribution in [3.8, 4) is 0 Å². The molecule has 1 amide bonds. The number of carbonyl (C=O) groups excluding carboxylic acids is 1. The van der Waals surface area contributed by atoms with Crippen LogP contribution in [0.2, 0.25) is 0 Å². The van der Waals surface area contributed by atoms with Gasteiger partial charge in [-0.15, -0.1) is 0 Å². The lowest BCUT2D eigenvalue weighted by Crippen LogP contribution is -2.50. The van der Waals surface area contributed by atoms with Crippen molar-refractivity contribution in [1.29, 1.82) is 0 Å². The number of likely N-dealkylation sites (tertiary alicyclic amines) is 1. The lowest BCUT2D eigenvalue weighted by Gasteiger charge is -2.33. The topological polar surface area (TPSA) is 95.2 Å². The van der Waals surface area contributed by atoms with Crippen LogP contribution in [0.25, 0.3) is 10.8 Å². The van der Waals surface area contributed by atoms with Crippen LogP contribution in [0.4, 0.5) is 0 Å². The number of piperidine rings is 1. The lowest BCUT2D eigenvalue weighted by molar-refractivity contribution is -0.134. The Hall–Kier alpha value is -2.36. The number of H-pyrrole nitrogens is 1. The largest absolute Gasteiger partial charge is 0.341 e. The summed E-state index contributed by atoms with van der Waals surface area (Å²) >= 11 is 1.56. The summed E-state index contributed by atoms with van der Waals surface area (Å²) in [6, 6.07) is 11.9. The van der Waals surface area contributed by atoms with E-state index < -0.39 is 16.1 Å². The Kier molecular flexibility index (Phi) is 7.72. The van der Waals surface area contributed by atoms with Crippen LogP contribution < -0.4 is 4.72 Å². The first-order chi connectivity index (χ1) is 15.9. The normalized spacial score (nSPS) is 16.2. The maximum absolute atomic E-state index is 13.3. The highest BCUT2D eigenvalue weighted by Crippen LogP contribution is 2.22. The first kappa shape index (κ1) is 23.8. The van der Waals surface area contributed by atoms with Gasteiger partial charge in [-0.1, -0.05) is 49.0 Å². The summed E-state index contributed by atoms with van der Waals surface area (Å²) in [6.07, 6.45) is 6.49. The van der Waals surface area contributed by atoms with E-state index >= 15 is 0 Å². The van der Waals surface area contributed by atoms with Crippen molar-refractivity contribution in [2.45, 2.75) is 48.7 Å². The van der Waals surface area contributed by atoms with Gasteiger partial charge in [-0.05, 0) is 54.5 Å². The number of imidazole rings is 1. The zero-order valence-electron chi connectivity index (χ0n) is 18.7. The zero-order chi connectivity index (χ0) is 23.3. The maximum atomic E-state index is 13.3. The number of aromatic nitrogens is 2. The van der Waals surface area contributed by atoms with Crippen LogP contribution in [0.3, 0.4) is 0 Å². The van der Waals surface area contributed by atoms with Crippen LogP contribution in [-0.2, 0) is 14.8 Å². The number of nitrogens with one attached hydrogen (secondary N) is 2. The van der Waals surface area contributed by atoms with Gasteiger partial charge in [-0.3, -0.25) is 4.79 Å². The minimum absolute atomic E-state index is 0.130. The summed E-state index contributed by atoms with van der Waals surface area (Å²) in [5.41, 5.74) is 0. The predicted molar refractivity (Wildman–Crippen MR) is 132 cm³/mol. The van der Waals surface area contributed by atoms with Crippen molar-refractivity contribution in [2.24, 2.45) is 5.92 Å². The van der Waals surface area contributed by atoms with Crippen molar-refractivity contribution in [2.75, 3.05) is 18.8 Å². The molecule has 1 aliphatic rings. The standard InChI is InChI=1S/C24H30N4O3S2/c1-18-10-14-28(15-11-18)23(29)22(7-4-16-32-24-25-12-13-26-24)27-33(30,31)21-9-8-19-5-2-3-6-20(19)17-21/h2-3,5-6,8-9,12-13,17-18,22,27H,4,7,10-11,14-16H2,1H3,(H,25,26). The molecule has 1 aliphatic heterocycles. The Morgan fingerprint density at radius 3 is 2.70 bits per heavy atom. The number of sulfonamides is 1. The molecule has 1 saturated heterocycles. The molecule has 0 aliphatic carbocycles. The van der Waals surface area contributed by atoms with Crippen molar-refractivity contribution in [1.82, 2.24) is 19.6 Å². The van der Waals surface area contributed by atoms with Gasteiger partial charge in [0.1, 0.15) is 6.04 Å². The molecular formula is C24H30N4O3S2. The first-order valence-corrected chi connectivity index (χ1v) is 13.8. The van der Waals surface area contributed by atoms with Gasteiger partial charge in [0, 0.05) is 31.2 Å². The fourth-order valence-electron chi connectivity index (χ4n) is 4.06. The molecule has 0 radical (unpaired) electrons. The molecule has 4 rings (SSSR count). The van der Waals surface area contributed by atoms with Gasteiger partial charge >= 0.3 is 0 Å². The van der Waals surface area contributed by atoms with Gasteiger partial charge in [0.2, 0.25) is 15.9 Å². The molecule has 1 fully saturated rings. The summed E-state index contributed by atoms with van der Waals surface area (Å²) in [5, 5.41) is 2.64. The van der Waals surface area contributed by atoms with E-state index in [2.05, 4.69) is 21.6 Å². The summed E-state index contributed by atoms with van der Waals surface area (Å²) < 4.78 is 29.2. The van der Waals surface area contributed by atoms with E-state index in [0.717, 1.165) is 34.5 Å². The Bertz CT molecular complexity index is 1170. The molecule has 9 heteroatoms. The maximum Gasteiger partial charge on any atom is 0.241 e. The van der Waals surface area contributed by atoms with E-state index in [0.29, 0.717) is 31.8 Å². The van der Waals surface area contributed by atoms with Crippen LogP contribution in [0.5, 0.6) is 0 Å².